The second-order valence-corrected chi connectivity index (χ2v) is 6.00. The standard InChI is InChI=1S/C14H11ClF3N5OS/c15-10-5-9(14(16,17)18)6-21-13(10)25-7-11(19)22-23-12(24)8-1-3-20-4-2-8/h1-6H,7H2,(H2,19,22)(H,23,24)/p+1. The van der Waals surface area contributed by atoms with Crippen LogP contribution >= 0.6 is 23.4 Å². The van der Waals surface area contributed by atoms with Gasteiger partial charge >= 0.3 is 6.18 Å². The summed E-state index contributed by atoms with van der Waals surface area (Å²) in [6.45, 7) is 0. The lowest BCUT2D eigenvalue weighted by molar-refractivity contribution is -0.378. The molecular formula is C14H12ClF3N5OS+. The number of pyridine rings is 2. The number of halogens is 4. The second-order valence-electron chi connectivity index (χ2n) is 4.63. The van der Waals surface area contributed by atoms with Gasteiger partial charge in [0.25, 0.3) is 5.91 Å². The van der Waals surface area contributed by atoms with E-state index in [1.807, 2.05) is 0 Å². The van der Waals surface area contributed by atoms with E-state index in [4.69, 9.17) is 17.3 Å². The maximum Gasteiger partial charge on any atom is 0.417 e. The molecule has 2 heterocycles. The Labute approximate surface area is 149 Å². The van der Waals surface area contributed by atoms with Crippen molar-refractivity contribution in [1.29, 1.82) is 0 Å². The third-order valence-electron chi connectivity index (χ3n) is 2.77. The molecule has 0 atom stereocenters. The predicted molar refractivity (Wildman–Crippen MR) is 87.1 cm³/mol. The van der Waals surface area contributed by atoms with Gasteiger partial charge in [-0.2, -0.15) is 18.3 Å². The van der Waals surface area contributed by atoms with E-state index in [1.54, 1.807) is 24.5 Å². The van der Waals surface area contributed by atoms with Crippen LogP contribution in [0.15, 0.2) is 46.9 Å². The van der Waals surface area contributed by atoms with Gasteiger partial charge in [-0.15, -0.1) is 0 Å². The van der Waals surface area contributed by atoms with Crippen molar-refractivity contribution in [2.75, 3.05) is 5.75 Å². The number of aromatic nitrogens is 2. The van der Waals surface area contributed by atoms with E-state index in [1.165, 1.54) is 0 Å². The molecule has 6 nitrogen and oxygen atoms in total. The minimum atomic E-state index is -4.51. The minimum Gasteiger partial charge on any atom is -0.385 e. The van der Waals surface area contributed by atoms with Gasteiger partial charge in [-0.25, -0.2) is 15.4 Å². The number of rotatable bonds is 5. The first-order chi connectivity index (χ1) is 11.8. The number of amides is 1. The average molecular weight is 391 g/mol. The number of nitrogens with one attached hydrogen (secondary N) is 2. The van der Waals surface area contributed by atoms with Crippen molar-refractivity contribution in [3.05, 3.63) is 52.9 Å². The van der Waals surface area contributed by atoms with Crippen molar-refractivity contribution in [3.8, 4) is 0 Å². The molecule has 2 aromatic rings. The van der Waals surface area contributed by atoms with E-state index in [9.17, 15) is 18.0 Å². The monoisotopic (exact) mass is 390 g/mol. The van der Waals surface area contributed by atoms with Crippen molar-refractivity contribution >= 4 is 35.1 Å². The number of nitrogens with two attached hydrogens (primary N) is 1. The van der Waals surface area contributed by atoms with Crippen LogP contribution in [0.2, 0.25) is 5.02 Å². The highest BCUT2D eigenvalue weighted by Gasteiger charge is 2.31. The van der Waals surface area contributed by atoms with Crippen LogP contribution in [-0.2, 0) is 6.18 Å². The summed E-state index contributed by atoms with van der Waals surface area (Å²) in [6.07, 6.45) is -0.665. The van der Waals surface area contributed by atoms with E-state index in [0.29, 0.717) is 11.8 Å². The van der Waals surface area contributed by atoms with Crippen LogP contribution in [-0.4, -0.2) is 22.5 Å². The Morgan fingerprint density at radius 1 is 1.40 bits per heavy atom. The lowest BCUT2D eigenvalue weighted by Gasteiger charge is -2.08. The number of hydrogen-bond acceptors (Lipinski definition) is 4. The van der Waals surface area contributed by atoms with E-state index in [-0.39, 0.29) is 21.6 Å². The normalized spacial score (nSPS) is 12.1. The van der Waals surface area contributed by atoms with Gasteiger partial charge < -0.3 is 5.73 Å². The van der Waals surface area contributed by atoms with Crippen molar-refractivity contribution in [2.24, 2.45) is 10.8 Å². The third-order valence-corrected chi connectivity index (χ3v) is 4.21. The molecule has 0 aliphatic heterocycles. The first-order valence-electron chi connectivity index (χ1n) is 6.71. The largest absolute Gasteiger partial charge is 0.417 e. The summed E-state index contributed by atoms with van der Waals surface area (Å²) < 4.78 is 37.6. The van der Waals surface area contributed by atoms with Gasteiger partial charge in [0.1, 0.15) is 10.9 Å². The first-order valence-corrected chi connectivity index (χ1v) is 8.08. The van der Waals surface area contributed by atoms with Gasteiger partial charge in [-0.1, -0.05) is 23.4 Å². The molecule has 25 heavy (non-hydrogen) atoms. The Morgan fingerprint density at radius 2 is 2.08 bits per heavy atom. The molecule has 4 N–H and O–H groups in total. The first kappa shape index (κ1) is 19.0. The number of amidine groups is 1. The molecule has 2 rings (SSSR count). The van der Waals surface area contributed by atoms with Crippen molar-refractivity contribution in [2.45, 2.75) is 11.2 Å². The zero-order valence-electron chi connectivity index (χ0n) is 12.5. The number of nitrogens with zero attached hydrogens (tertiary/aromatic N) is 2. The molecule has 0 radical (unpaired) electrons. The van der Waals surface area contributed by atoms with Crippen LogP contribution in [0.25, 0.3) is 0 Å². The number of alkyl halides is 3. The maximum atomic E-state index is 12.5. The molecule has 0 aliphatic rings. The predicted octanol–water partition coefficient (Wildman–Crippen LogP) is 2.36. The Kier molecular flexibility index (Phi) is 6.21. The second kappa shape index (κ2) is 8.17. The molecule has 11 heteroatoms. The Morgan fingerprint density at radius 3 is 2.68 bits per heavy atom. The highest BCUT2D eigenvalue weighted by Crippen LogP contribution is 2.33. The summed E-state index contributed by atoms with van der Waals surface area (Å²) in [5.41, 5.74) is 7.38. The van der Waals surface area contributed by atoms with Crippen molar-refractivity contribution in [3.63, 3.8) is 0 Å². The molecule has 0 aromatic carbocycles. The zero-order chi connectivity index (χ0) is 18.4. The molecule has 0 fully saturated rings. The molecule has 2 aromatic heterocycles. The van der Waals surface area contributed by atoms with Crippen molar-refractivity contribution < 1.29 is 22.9 Å². The highest BCUT2D eigenvalue weighted by atomic mass is 35.5. The summed E-state index contributed by atoms with van der Waals surface area (Å²) in [5, 5.41) is 3.75. The minimum absolute atomic E-state index is 0.0543. The fourth-order valence-electron chi connectivity index (χ4n) is 1.59. The molecule has 0 saturated heterocycles. The molecule has 0 aliphatic carbocycles. The Hall–Kier alpha value is -2.33. The molecular weight excluding hydrogens is 379 g/mol. The fourth-order valence-corrected chi connectivity index (χ4v) is 2.59. The Balaban J connectivity index is 1.93. The van der Waals surface area contributed by atoms with E-state index in [2.05, 4.69) is 20.5 Å². The van der Waals surface area contributed by atoms with Crippen LogP contribution < -0.4 is 16.1 Å². The van der Waals surface area contributed by atoms with Crippen LogP contribution in [0.3, 0.4) is 0 Å². The molecule has 0 unspecified atom stereocenters. The molecule has 0 saturated carbocycles. The Bertz CT molecular complexity index is 786. The summed E-state index contributed by atoms with van der Waals surface area (Å²) in [6, 6.07) is 3.90. The number of aromatic amines is 1. The summed E-state index contributed by atoms with van der Waals surface area (Å²) >= 11 is 6.79. The van der Waals surface area contributed by atoms with Gasteiger partial charge in [0.15, 0.2) is 12.4 Å². The third kappa shape index (κ3) is 5.61. The molecule has 0 bridgehead atoms. The van der Waals surface area contributed by atoms with E-state index in [0.717, 1.165) is 17.8 Å². The maximum absolute atomic E-state index is 12.5. The topological polar surface area (TPSA) is 94.5 Å². The quantitative estimate of drug-likeness (QED) is 0.354. The van der Waals surface area contributed by atoms with E-state index >= 15 is 0 Å². The molecule has 0 spiro atoms. The van der Waals surface area contributed by atoms with Gasteiger partial charge in [-0.3, -0.25) is 4.79 Å². The number of carbonyl (C=O) groups is 1. The summed E-state index contributed by atoms with van der Waals surface area (Å²) in [7, 11) is 0. The van der Waals surface area contributed by atoms with Gasteiger partial charge in [0, 0.05) is 18.3 Å². The van der Waals surface area contributed by atoms with Crippen LogP contribution in [0.5, 0.6) is 0 Å². The fraction of sp³-hybridized carbons (Fsp3) is 0.143. The lowest BCUT2D eigenvalue weighted by Crippen LogP contribution is -2.25. The number of thioether (sulfide) groups is 1. The summed E-state index contributed by atoms with van der Waals surface area (Å²) in [4.78, 5) is 18.2. The van der Waals surface area contributed by atoms with Crippen LogP contribution in [0.1, 0.15) is 15.9 Å². The number of hydrogen-bond donors (Lipinski definition) is 2. The lowest BCUT2D eigenvalue weighted by atomic mass is 10.3. The number of H-pyrrole nitrogens is 1. The summed E-state index contributed by atoms with van der Waals surface area (Å²) in [5.74, 6) is -0.313. The molecule has 1 amide bonds. The smallest absolute Gasteiger partial charge is 0.385 e. The zero-order valence-corrected chi connectivity index (χ0v) is 14.0. The van der Waals surface area contributed by atoms with Crippen molar-refractivity contribution in [1.82, 2.24) is 10.4 Å². The van der Waals surface area contributed by atoms with Gasteiger partial charge in [0.2, 0.25) is 0 Å². The van der Waals surface area contributed by atoms with Gasteiger partial charge in [0.05, 0.1) is 21.9 Å². The number of hydrazone groups is 1. The van der Waals surface area contributed by atoms with Crippen LogP contribution in [0.4, 0.5) is 13.2 Å². The van der Waals surface area contributed by atoms with Crippen LogP contribution in [0, 0.1) is 0 Å². The highest BCUT2D eigenvalue weighted by molar-refractivity contribution is 8.00. The SMILES string of the molecule is NC(CSc1ncc(C(F)(F)F)cc1Cl)=NNC(=O)c1cc[nH+]cc1. The number of carbonyl (C=O) groups excluding carboxylic acids is 1. The molecule has 132 valence electrons. The van der Waals surface area contributed by atoms with E-state index < -0.39 is 17.6 Å². The van der Waals surface area contributed by atoms with Gasteiger partial charge in [-0.05, 0) is 6.07 Å². The average Bonchev–Trinajstić information content (AvgIpc) is 2.58.